The number of aryl methyl sites for hydroxylation is 1. The van der Waals surface area contributed by atoms with E-state index in [4.69, 9.17) is 0 Å². The summed E-state index contributed by atoms with van der Waals surface area (Å²) in [6, 6.07) is 7.69. The van der Waals surface area contributed by atoms with Gasteiger partial charge in [0.1, 0.15) is 0 Å². The number of hydrogen-bond acceptors (Lipinski definition) is 2. The van der Waals surface area contributed by atoms with Gasteiger partial charge in [0.25, 0.3) is 0 Å². The van der Waals surface area contributed by atoms with Crippen molar-refractivity contribution in [1.29, 1.82) is 0 Å². The Balaban J connectivity index is 3.02. The molecule has 1 amide bonds. The van der Waals surface area contributed by atoms with E-state index in [0.29, 0.717) is 6.54 Å². The van der Waals surface area contributed by atoms with Crippen molar-refractivity contribution in [2.24, 2.45) is 11.3 Å². The van der Waals surface area contributed by atoms with Gasteiger partial charge in [0.05, 0.1) is 5.41 Å². The molecule has 4 heteroatoms. The molecule has 0 spiro atoms. The fraction of sp³-hybridized carbons (Fsp3) is 0.529. The van der Waals surface area contributed by atoms with Crippen molar-refractivity contribution >= 4 is 17.6 Å². The van der Waals surface area contributed by atoms with Crippen molar-refractivity contribution in [1.82, 2.24) is 0 Å². The van der Waals surface area contributed by atoms with E-state index in [9.17, 15) is 14.7 Å². The van der Waals surface area contributed by atoms with Crippen LogP contribution in [0.15, 0.2) is 24.3 Å². The first-order chi connectivity index (χ1) is 9.72. The molecule has 0 saturated carbocycles. The second-order valence-electron chi connectivity index (χ2n) is 6.03. The Hall–Kier alpha value is -1.84. The molecule has 1 N–H and O–H groups in total. The molecule has 0 radical (unpaired) electrons. The zero-order valence-corrected chi connectivity index (χ0v) is 13.5. The van der Waals surface area contributed by atoms with Crippen LogP contribution in [-0.4, -0.2) is 23.5 Å². The number of amides is 1. The van der Waals surface area contributed by atoms with E-state index in [1.807, 2.05) is 52.0 Å². The Labute approximate surface area is 126 Å². The van der Waals surface area contributed by atoms with Crippen LogP contribution in [0, 0.1) is 18.3 Å². The Morgan fingerprint density at radius 2 is 1.95 bits per heavy atom. The van der Waals surface area contributed by atoms with Crippen molar-refractivity contribution in [2.45, 2.75) is 41.0 Å². The van der Waals surface area contributed by atoms with Crippen LogP contribution in [0.5, 0.6) is 0 Å². The van der Waals surface area contributed by atoms with Crippen molar-refractivity contribution < 1.29 is 14.7 Å². The summed E-state index contributed by atoms with van der Waals surface area (Å²) in [6.45, 7) is 9.71. The molecule has 1 unspecified atom stereocenters. The molecule has 1 rings (SSSR count). The van der Waals surface area contributed by atoms with Crippen molar-refractivity contribution in [3.05, 3.63) is 29.8 Å². The quantitative estimate of drug-likeness (QED) is 0.873. The van der Waals surface area contributed by atoms with E-state index < -0.39 is 11.4 Å². The van der Waals surface area contributed by atoms with E-state index in [1.165, 1.54) is 0 Å². The third-order valence-electron chi connectivity index (χ3n) is 4.21. The molecule has 1 aromatic rings. The lowest BCUT2D eigenvalue weighted by Crippen LogP contribution is -2.41. The first kappa shape index (κ1) is 17.2. The Bertz CT molecular complexity index is 525. The van der Waals surface area contributed by atoms with Crippen molar-refractivity contribution in [2.75, 3.05) is 11.4 Å². The van der Waals surface area contributed by atoms with Crippen LogP contribution in [0.3, 0.4) is 0 Å². The van der Waals surface area contributed by atoms with Crippen molar-refractivity contribution in [3.8, 4) is 0 Å². The molecule has 4 nitrogen and oxygen atoms in total. The highest BCUT2D eigenvalue weighted by molar-refractivity contribution is 5.96. The second-order valence-corrected chi connectivity index (χ2v) is 6.03. The number of anilines is 1. The fourth-order valence-electron chi connectivity index (χ4n) is 2.24. The fourth-order valence-corrected chi connectivity index (χ4v) is 2.24. The maximum Gasteiger partial charge on any atom is 0.310 e. The summed E-state index contributed by atoms with van der Waals surface area (Å²) in [6.07, 6.45) is 0.00177. The zero-order chi connectivity index (χ0) is 16.2. The number of carbonyl (C=O) groups excluding carboxylic acids is 1. The van der Waals surface area contributed by atoms with Crippen LogP contribution in [-0.2, 0) is 9.59 Å². The van der Waals surface area contributed by atoms with E-state index >= 15 is 0 Å². The minimum atomic E-state index is -1.05. The summed E-state index contributed by atoms with van der Waals surface area (Å²) in [4.78, 5) is 25.8. The zero-order valence-electron chi connectivity index (χ0n) is 13.5. The number of rotatable bonds is 6. The number of carbonyl (C=O) groups is 2. The standard InChI is InChI=1S/C17H25NO3/c1-6-18(14-9-7-8-13(4)10-14)15(19)11-17(5,12(2)3)16(20)21/h7-10,12H,6,11H2,1-5H3,(H,20,21). The molecular formula is C17H25NO3. The molecule has 0 bridgehead atoms. The lowest BCUT2D eigenvalue weighted by atomic mass is 9.76. The van der Waals surface area contributed by atoms with Gasteiger partial charge in [-0.05, 0) is 44.4 Å². The van der Waals surface area contributed by atoms with Crippen molar-refractivity contribution in [3.63, 3.8) is 0 Å². The maximum absolute atomic E-state index is 12.6. The highest BCUT2D eigenvalue weighted by Crippen LogP contribution is 2.33. The molecule has 0 heterocycles. The molecule has 116 valence electrons. The Morgan fingerprint density at radius 3 is 2.38 bits per heavy atom. The molecule has 1 aromatic carbocycles. The highest BCUT2D eigenvalue weighted by Gasteiger charge is 2.39. The first-order valence-electron chi connectivity index (χ1n) is 7.32. The normalized spacial score (nSPS) is 13.8. The van der Waals surface area contributed by atoms with E-state index in [1.54, 1.807) is 11.8 Å². The number of carboxylic acid groups (broad SMARTS) is 1. The predicted octanol–water partition coefficient (Wildman–Crippen LogP) is 3.48. The van der Waals surface area contributed by atoms with Gasteiger partial charge in [-0.25, -0.2) is 0 Å². The summed E-state index contributed by atoms with van der Waals surface area (Å²) in [5.74, 6) is -1.19. The van der Waals surface area contributed by atoms with Gasteiger partial charge < -0.3 is 10.0 Å². The average Bonchev–Trinajstić information content (AvgIpc) is 2.38. The summed E-state index contributed by atoms with van der Waals surface area (Å²) in [5.41, 5.74) is 0.844. The predicted molar refractivity (Wildman–Crippen MR) is 84.4 cm³/mol. The second kappa shape index (κ2) is 6.74. The topological polar surface area (TPSA) is 57.6 Å². The first-order valence-corrected chi connectivity index (χ1v) is 7.32. The largest absolute Gasteiger partial charge is 0.481 e. The molecule has 0 aromatic heterocycles. The average molecular weight is 291 g/mol. The number of nitrogens with zero attached hydrogens (tertiary/aromatic N) is 1. The van der Waals surface area contributed by atoms with Gasteiger partial charge in [-0.1, -0.05) is 26.0 Å². The van der Waals surface area contributed by atoms with E-state index in [2.05, 4.69) is 0 Å². The van der Waals surface area contributed by atoms with Crippen LogP contribution in [0.2, 0.25) is 0 Å². The number of hydrogen-bond donors (Lipinski definition) is 1. The van der Waals surface area contributed by atoms with E-state index in [0.717, 1.165) is 11.3 Å². The summed E-state index contributed by atoms with van der Waals surface area (Å²) >= 11 is 0. The smallest absolute Gasteiger partial charge is 0.310 e. The van der Waals surface area contributed by atoms with Gasteiger partial charge in [-0.3, -0.25) is 9.59 Å². The lowest BCUT2D eigenvalue weighted by molar-refractivity contribution is -0.153. The molecule has 0 aliphatic rings. The number of benzene rings is 1. The Kier molecular flexibility index (Phi) is 5.53. The maximum atomic E-state index is 12.6. The number of aliphatic carboxylic acids is 1. The Morgan fingerprint density at radius 1 is 1.33 bits per heavy atom. The molecule has 21 heavy (non-hydrogen) atoms. The molecule has 0 aliphatic carbocycles. The monoisotopic (exact) mass is 291 g/mol. The van der Waals surface area contributed by atoms with Gasteiger partial charge in [0.15, 0.2) is 0 Å². The minimum Gasteiger partial charge on any atom is -0.481 e. The van der Waals surface area contributed by atoms with Crippen LogP contribution in [0.4, 0.5) is 5.69 Å². The third kappa shape index (κ3) is 3.84. The van der Waals surface area contributed by atoms with Gasteiger partial charge in [-0.15, -0.1) is 0 Å². The minimum absolute atomic E-state index is 0.00177. The summed E-state index contributed by atoms with van der Waals surface area (Å²) in [7, 11) is 0. The summed E-state index contributed by atoms with van der Waals surface area (Å²) in [5, 5.41) is 9.45. The third-order valence-corrected chi connectivity index (χ3v) is 4.21. The van der Waals surface area contributed by atoms with Crippen LogP contribution in [0.1, 0.15) is 39.7 Å². The SMILES string of the molecule is CCN(C(=O)CC(C)(C(=O)O)C(C)C)c1cccc(C)c1. The van der Waals surface area contributed by atoms with Gasteiger partial charge in [0, 0.05) is 18.7 Å². The van der Waals surface area contributed by atoms with E-state index in [-0.39, 0.29) is 18.2 Å². The van der Waals surface area contributed by atoms with Gasteiger partial charge in [0.2, 0.25) is 5.91 Å². The van der Waals surface area contributed by atoms with Gasteiger partial charge >= 0.3 is 5.97 Å². The number of carboxylic acids is 1. The van der Waals surface area contributed by atoms with Gasteiger partial charge in [-0.2, -0.15) is 0 Å². The van der Waals surface area contributed by atoms with Crippen LogP contribution in [0.25, 0.3) is 0 Å². The molecular weight excluding hydrogens is 266 g/mol. The van der Waals surface area contributed by atoms with Crippen LogP contribution >= 0.6 is 0 Å². The highest BCUT2D eigenvalue weighted by atomic mass is 16.4. The molecule has 1 atom stereocenters. The molecule has 0 fully saturated rings. The molecule has 0 aliphatic heterocycles. The van der Waals surface area contributed by atoms with Crippen LogP contribution < -0.4 is 4.90 Å². The molecule has 0 saturated heterocycles. The summed E-state index contributed by atoms with van der Waals surface area (Å²) < 4.78 is 0. The lowest BCUT2D eigenvalue weighted by Gasteiger charge is -2.31.